The molecule has 2 amide bonds. The summed E-state index contributed by atoms with van der Waals surface area (Å²) in [5, 5.41) is 11.4. The fraction of sp³-hybridized carbons (Fsp3) is 0.344. The Morgan fingerprint density at radius 1 is 1.04 bits per heavy atom. The Balaban J connectivity index is 1.51. The number of ether oxygens (including phenoxy) is 5. The van der Waals surface area contributed by atoms with Gasteiger partial charge in [0.1, 0.15) is 18.1 Å². The summed E-state index contributed by atoms with van der Waals surface area (Å²) in [5.74, 6) is 0.158. The number of nitrogens with zero attached hydrogens (tertiary/aromatic N) is 4. The van der Waals surface area contributed by atoms with E-state index in [0.29, 0.717) is 46.2 Å². The minimum atomic E-state index is -1.26. The average molecular weight is 616 g/mol. The molecule has 0 spiro atoms. The Morgan fingerprint density at radius 3 is 2.56 bits per heavy atom. The number of hydrogen-bond donors (Lipinski definition) is 1. The normalized spacial score (nSPS) is 15.9. The molecule has 2 atom stereocenters. The van der Waals surface area contributed by atoms with Crippen molar-refractivity contribution in [2.24, 2.45) is 0 Å². The molecule has 4 aromatic rings. The van der Waals surface area contributed by atoms with Crippen LogP contribution in [0.2, 0.25) is 0 Å². The van der Waals surface area contributed by atoms with Gasteiger partial charge in [0, 0.05) is 24.8 Å². The first kappa shape index (κ1) is 29.9. The summed E-state index contributed by atoms with van der Waals surface area (Å²) in [6.07, 6.45) is 1.55. The predicted molar refractivity (Wildman–Crippen MR) is 162 cm³/mol. The van der Waals surface area contributed by atoms with Crippen LogP contribution >= 0.6 is 0 Å². The topological polar surface area (TPSA) is 143 Å². The largest absolute Gasteiger partial charge is 0.493 e. The van der Waals surface area contributed by atoms with E-state index in [1.165, 1.54) is 36.8 Å². The number of carbonyl (C=O) groups excluding carboxylic acids is 3. The van der Waals surface area contributed by atoms with Crippen molar-refractivity contribution in [2.75, 3.05) is 39.1 Å². The summed E-state index contributed by atoms with van der Waals surface area (Å²) in [7, 11) is 2.99. The molecule has 1 aromatic heterocycles. The average Bonchev–Trinajstić information content (AvgIpc) is 3.83. The van der Waals surface area contributed by atoms with E-state index in [4.69, 9.17) is 23.7 Å². The predicted octanol–water partition coefficient (Wildman–Crippen LogP) is 3.45. The van der Waals surface area contributed by atoms with Crippen molar-refractivity contribution in [3.63, 3.8) is 0 Å². The van der Waals surface area contributed by atoms with Gasteiger partial charge < -0.3 is 29.0 Å². The van der Waals surface area contributed by atoms with E-state index < -0.39 is 17.9 Å². The maximum atomic E-state index is 14.6. The van der Waals surface area contributed by atoms with Gasteiger partial charge in [-0.1, -0.05) is 23.4 Å². The molecule has 2 aliphatic heterocycles. The van der Waals surface area contributed by atoms with Crippen LogP contribution < -0.4 is 29.2 Å². The molecule has 3 aromatic carbocycles. The van der Waals surface area contributed by atoms with Crippen LogP contribution in [0.25, 0.3) is 11.0 Å². The summed E-state index contributed by atoms with van der Waals surface area (Å²) < 4.78 is 29.4. The summed E-state index contributed by atoms with van der Waals surface area (Å²) in [4.78, 5) is 43.3. The summed E-state index contributed by atoms with van der Waals surface area (Å²) in [5.41, 5.74) is 2.01. The van der Waals surface area contributed by atoms with Gasteiger partial charge in [-0.25, -0.2) is 4.68 Å². The highest BCUT2D eigenvalue weighted by Gasteiger charge is 2.37. The van der Waals surface area contributed by atoms with Crippen molar-refractivity contribution in [2.45, 2.75) is 38.5 Å². The van der Waals surface area contributed by atoms with E-state index in [1.807, 2.05) is 12.1 Å². The van der Waals surface area contributed by atoms with Crippen molar-refractivity contribution < 1.29 is 38.1 Å². The number of fused-ring (bicyclic) bond motifs is 2. The zero-order valence-electron chi connectivity index (χ0n) is 25.1. The number of Topliss-reactive ketones (excluding diaryl/α,β-unsaturated/α-hetero) is 1. The van der Waals surface area contributed by atoms with E-state index in [2.05, 4.69) is 15.6 Å². The maximum Gasteiger partial charge on any atom is 0.249 e. The molecule has 0 unspecified atom stereocenters. The quantitative estimate of drug-likeness (QED) is 0.249. The lowest BCUT2D eigenvalue weighted by atomic mass is 9.99. The second-order valence-electron chi connectivity index (χ2n) is 10.7. The molecular weight excluding hydrogens is 582 g/mol. The standard InChI is InChI=1S/C32H33N5O8/c1-19(38)22-14-28-29(45-18-44-28)15-25(22)37(30(39)17-36-24-9-5-4-8-23(24)34-35-36)31(32(40)33-16-21-7-6-12-43-21)20-10-11-26(41-2)27(13-20)42-3/h4-5,8-11,13-15,21,31H,6-7,12,16-18H2,1-3H3,(H,33,40)/t21-,31-/m0/s1. The van der Waals surface area contributed by atoms with Gasteiger partial charge in [0.2, 0.25) is 18.6 Å². The van der Waals surface area contributed by atoms with Gasteiger partial charge in [-0.2, -0.15) is 0 Å². The molecule has 0 saturated carbocycles. The van der Waals surface area contributed by atoms with Crippen LogP contribution in [0.5, 0.6) is 23.0 Å². The highest BCUT2D eigenvalue weighted by Crippen LogP contribution is 2.42. The second kappa shape index (κ2) is 12.8. The molecule has 13 nitrogen and oxygen atoms in total. The third-order valence-electron chi connectivity index (χ3n) is 7.86. The molecule has 45 heavy (non-hydrogen) atoms. The number of methoxy groups -OCH3 is 2. The highest BCUT2D eigenvalue weighted by atomic mass is 16.7. The summed E-state index contributed by atoms with van der Waals surface area (Å²) in [6, 6.07) is 14.0. The summed E-state index contributed by atoms with van der Waals surface area (Å²) in [6.45, 7) is 1.93. The lowest BCUT2D eigenvalue weighted by Gasteiger charge is -2.33. The number of aromatic nitrogens is 3. The van der Waals surface area contributed by atoms with Crippen molar-refractivity contribution in [3.8, 4) is 23.0 Å². The number of hydrogen-bond acceptors (Lipinski definition) is 10. The van der Waals surface area contributed by atoms with E-state index in [-0.39, 0.29) is 43.0 Å². The third-order valence-corrected chi connectivity index (χ3v) is 7.86. The molecule has 1 saturated heterocycles. The molecule has 0 aliphatic carbocycles. The minimum Gasteiger partial charge on any atom is -0.493 e. The van der Waals surface area contributed by atoms with E-state index in [0.717, 1.165) is 12.8 Å². The number of benzene rings is 3. The van der Waals surface area contributed by atoms with E-state index in [9.17, 15) is 14.4 Å². The molecule has 3 heterocycles. The van der Waals surface area contributed by atoms with Gasteiger partial charge in [-0.15, -0.1) is 5.10 Å². The molecule has 13 heteroatoms. The number of para-hydroxylation sites is 1. The zero-order chi connectivity index (χ0) is 31.5. The van der Waals surface area contributed by atoms with Gasteiger partial charge >= 0.3 is 0 Å². The van der Waals surface area contributed by atoms with Gasteiger partial charge in [0.25, 0.3) is 0 Å². The van der Waals surface area contributed by atoms with Crippen LogP contribution in [0.1, 0.15) is 41.7 Å². The zero-order valence-corrected chi connectivity index (χ0v) is 25.1. The van der Waals surface area contributed by atoms with Crippen molar-refractivity contribution >= 4 is 34.3 Å². The van der Waals surface area contributed by atoms with Crippen LogP contribution in [0.15, 0.2) is 54.6 Å². The lowest BCUT2D eigenvalue weighted by Crippen LogP contribution is -2.47. The van der Waals surface area contributed by atoms with E-state index >= 15 is 0 Å². The summed E-state index contributed by atoms with van der Waals surface area (Å²) >= 11 is 0. The van der Waals surface area contributed by atoms with Crippen LogP contribution in [-0.4, -0.2) is 72.9 Å². The number of ketones is 1. The monoisotopic (exact) mass is 615 g/mol. The van der Waals surface area contributed by atoms with Crippen LogP contribution in [0, 0.1) is 0 Å². The number of nitrogens with one attached hydrogen (secondary N) is 1. The smallest absolute Gasteiger partial charge is 0.249 e. The Bertz CT molecular complexity index is 1750. The Morgan fingerprint density at radius 2 is 1.82 bits per heavy atom. The number of carbonyl (C=O) groups is 3. The first-order valence-corrected chi connectivity index (χ1v) is 14.5. The number of amides is 2. The Labute approximate surface area is 258 Å². The SMILES string of the molecule is COc1ccc([C@@H](C(=O)NC[C@@H]2CCCO2)N(C(=O)Cn2nnc3ccccc32)c2cc3c(cc2C(C)=O)OCO3)cc1OC. The molecule has 1 fully saturated rings. The number of rotatable bonds is 11. The fourth-order valence-electron chi connectivity index (χ4n) is 5.63. The maximum absolute atomic E-state index is 14.6. The van der Waals surface area contributed by atoms with Crippen LogP contribution in [0.4, 0.5) is 5.69 Å². The molecule has 0 bridgehead atoms. The molecule has 6 rings (SSSR count). The van der Waals surface area contributed by atoms with Crippen LogP contribution in [0.3, 0.4) is 0 Å². The second-order valence-corrected chi connectivity index (χ2v) is 10.7. The first-order chi connectivity index (χ1) is 21.9. The van der Waals surface area contributed by atoms with Gasteiger partial charge in [0.05, 0.1) is 31.5 Å². The van der Waals surface area contributed by atoms with Crippen molar-refractivity contribution in [1.29, 1.82) is 0 Å². The van der Waals surface area contributed by atoms with Crippen LogP contribution in [-0.2, 0) is 20.9 Å². The molecule has 2 aliphatic rings. The third kappa shape index (κ3) is 5.98. The Kier molecular flexibility index (Phi) is 8.52. The Hall–Kier alpha value is -5.17. The number of anilines is 1. The van der Waals surface area contributed by atoms with Crippen molar-refractivity contribution in [1.82, 2.24) is 20.3 Å². The van der Waals surface area contributed by atoms with Gasteiger partial charge in [0.15, 0.2) is 28.8 Å². The molecule has 1 N–H and O–H groups in total. The first-order valence-electron chi connectivity index (χ1n) is 14.5. The molecule has 0 radical (unpaired) electrons. The van der Waals surface area contributed by atoms with Gasteiger partial charge in [-0.3, -0.25) is 19.3 Å². The van der Waals surface area contributed by atoms with Gasteiger partial charge in [-0.05, 0) is 55.7 Å². The lowest BCUT2D eigenvalue weighted by molar-refractivity contribution is -0.127. The molecular formula is C32H33N5O8. The minimum absolute atomic E-state index is 0.0456. The fourth-order valence-corrected chi connectivity index (χ4v) is 5.63. The van der Waals surface area contributed by atoms with Crippen molar-refractivity contribution in [3.05, 3.63) is 65.7 Å². The highest BCUT2D eigenvalue weighted by molar-refractivity contribution is 6.08. The molecule has 234 valence electrons. The van der Waals surface area contributed by atoms with E-state index in [1.54, 1.807) is 36.4 Å².